The highest BCUT2D eigenvalue weighted by Crippen LogP contribution is 2.53. The minimum Gasteiger partial charge on any atom is -0.490 e. The zero-order chi connectivity index (χ0) is 42.9. The van der Waals surface area contributed by atoms with E-state index in [9.17, 15) is 19.3 Å². The van der Waals surface area contributed by atoms with Gasteiger partial charge in [-0.3, -0.25) is 4.57 Å². The first-order valence-electron chi connectivity index (χ1n) is 20.1. The molecule has 0 amide bonds. The highest BCUT2D eigenvalue weighted by atomic mass is 31.2. The molecule has 4 heterocycles. The molecule has 0 aliphatic rings. The summed E-state index contributed by atoms with van der Waals surface area (Å²) < 4.78 is 56.4. The van der Waals surface area contributed by atoms with E-state index in [0.29, 0.717) is 38.2 Å². The average molecular weight is 855 g/mol. The lowest BCUT2D eigenvalue weighted by atomic mass is 10.0. The third-order valence-electron chi connectivity index (χ3n) is 10.6. The highest BCUT2D eigenvalue weighted by Gasteiger charge is 2.34. The topological polar surface area (TPSA) is 127 Å². The molecule has 2 N–H and O–H groups in total. The van der Waals surface area contributed by atoms with Crippen molar-refractivity contribution in [3.8, 4) is 56.3 Å². The van der Waals surface area contributed by atoms with Crippen LogP contribution < -0.4 is 27.7 Å². The van der Waals surface area contributed by atoms with Gasteiger partial charge in [0.15, 0.2) is 74.2 Å². The zero-order valence-corrected chi connectivity index (χ0v) is 36.9. The van der Waals surface area contributed by atoms with Crippen LogP contribution in [0.1, 0.15) is 27.7 Å². The number of aliphatic hydroxyl groups is 2. The summed E-state index contributed by atoms with van der Waals surface area (Å²) in [5.41, 5.74) is 7.93. The number of hydrogen-bond donors (Lipinski definition) is 2. The van der Waals surface area contributed by atoms with Crippen LogP contribution in [0.15, 0.2) is 135 Å². The first-order chi connectivity index (χ1) is 28.9. The quantitative estimate of drug-likeness (QED) is 0.0651. The van der Waals surface area contributed by atoms with E-state index in [0.717, 1.165) is 50.5 Å². The van der Waals surface area contributed by atoms with Gasteiger partial charge in [-0.2, -0.15) is 9.13 Å². The molecular weight excluding hydrogens is 798 g/mol. The largest absolute Gasteiger partial charge is 0.490 e. The van der Waals surface area contributed by atoms with E-state index in [1.807, 2.05) is 142 Å². The van der Waals surface area contributed by atoms with Gasteiger partial charge in [-0.05, 0) is 85.3 Å². The van der Waals surface area contributed by atoms with Gasteiger partial charge < -0.3 is 33.3 Å². The Bertz CT molecular complexity index is 2420. The first-order valence-corrected chi connectivity index (χ1v) is 23.9. The van der Waals surface area contributed by atoms with Gasteiger partial charge in [0.05, 0.1) is 33.6 Å². The van der Waals surface area contributed by atoms with Crippen molar-refractivity contribution in [2.75, 3.05) is 39.8 Å². The molecule has 2 unspecified atom stereocenters. The molecule has 2 atom stereocenters. The Morgan fingerprint density at radius 2 is 0.867 bits per heavy atom. The molecule has 2 aromatic carbocycles. The average Bonchev–Trinajstić information content (AvgIpc) is 3.27. The van der Waals surface area contributed by atoms with Gasteiger partial charge in [0.2, 0.25) is 0 Å². The third kappa shape index (κ3) is 10.4. The van der Waals surface area contributed by atoms with Crippen molar-refractivity contribution in [2.24, 2.45) is 0 Å². The molecule has 0 spiro atoms. The van der Waals surface area contributed by atoms with Gasteiger partial charge in [0.25, 0.3) is 11.4 Å². The fourth-order valence-corrected chi connectivity index (χ4v) is 10.6. The number of methoxy groups -OCH3 is 2. The second-order valence-corrected chi connectivity index (χ2v) is 20.3. The van der Waals surface area contributed by atoms with E-state index >= 15 is 0 Å². The second kappa shape index (κ2) is 20.0. The number of rotatable bonds is 19. The number of aromatic nitrogens is 4. The standard InChI is InChI=1S/C46H56N4O8P2/c1-7-57-60(54,58-8-2)32-30-48-23-15-38(16-24-48)40-19-27-50(28-20-40)44-12-10-42(34-46(44)56-6)41-9-11-43(45(33-41)55-5)49-25-17-39(18-26-49)37-13-21-47(22-14-37)29-31-59(53,35(3)51)36(4)52/h9-28,33-36,51-52H,7-8,29-32H2,1-6H3/q+4. The SMILES string of the molecule is CCOP(=O)(CC[n+]1ccc(-c2cc[n+](-c3ccc(-c4ccc(-[n+]5ccc(-c6cc[n+](CCP(=O)(C(C)O)C(C)O)cc6)cc5)c(OC)c4)cc3OC)cc2)cc1)OCC. The van der Waals surface area contributed by atoms with Crippen LogP contribution in [-0.4, -0.2) is 61.7 Å². The molecule has 12 nitrogen and oxygen atoms in total. The number of pyridine rings is 4. The molecule has 6 aromatic rings. The van der Waals surface area contributed by atoms with Crippen LogP contribution >= 0.6 is 14.7 Å². The molecule has 0 fully saturated rings. The van der Waals surface area contributed by atoms with E-state index in [1.54, 1.807) is 14.2 Å². The Morgan fingerprint density at radius 3 is 1.20 bits per heavy atom. The number of aryl methyl sites for hydroxylation is 2. The van der Waals surface area contributed by atoms with Crippen LogP contribution in [0.25, 0.3) is 44.8 Å². The number of nitrogens with zero attached hydrogens (tertiary/aromatic N) is 4. The number of hydrogen-bond acceptors (Lipinski definition) is 8. The Hall–Kier alpha value is -5.06. The summed E-state index contributed by atoms with van der Waals surface area (Å²) >= 11 is 0. The van der Waals surface area contributed by atoms with E-state index in [4.69, 9.17) is 18.5 Å². The summed E-state index contributed by atoms with van der Waals surface area (Å²) in [4.78, 5) is 0. The fourth-order valence-electron chi connectivity index (χ4n) is 7.05. The van der Waals surface area contributed by atoms with Crippen LogP contribution in [0.2, 0.25) is 0 Å². The van der Waals surface area contributed by atoms with Crippen molar-refractivity contribution >= 4 is 14.7 Å². The predicted molar refractivity (Wildman–Crippen MR) is 231 cm³/mol. The Balaban J connectivity index is 1.12. The molecule has 0 saturated heterocycles. The van der Waals surface area contributed by atoms with Crippen molar-refractivity contribution in [3.05, 3.63) is 135 Å². The summed E-state index contributed by atoms with van der Waals surface area (Å²) in [6, 6.07) is 28.6. The summed E-state index contributed by atoms with van der Waals surface area (Å²) in [5, 5.41) is 20.0. The van der Waals surface area contributed by atoms with Crippen LogP contribution in [0, 0.1) is 0 Å². The van der Waals surface area contributed by atoms with Crippen molar-refractivity contribution in [2.45, 2.75) is 52.5 Å². The fraction of sp³-hybridized carbons (Fsp3) is 0.304. The van der Waals surface area contributed by atoms with Gasteiger partial charge in [-0.15, -0.1) is 0 Å². The van der Waals surface area contributed by atoms with Crippen LogP contribution in [0.3, 0.4) is 0 Å². The van der Waals surface area contributed by atoms with Crippen molar-refractivity contribution in [3.63, 3.8) is 0 Å². The minimum atomic E-state index is -3.14. The maximum Gasteiger partial charge on any atom is 0.337 e. The van der Waals surface area contributed by atoms with Crippen LogP contribution in [0.5, 0.6) is 11.5 Å². The molecule has 0 aliphatic heterocycles. The van der Waals surface area contributed by atoms with Crippen LogP contribution in [0.4, 0.5) is 0 Å². The summed E-state index contributed by atoms with van der Waals surface area (Å²) in [7, 11) is -2.90. The number of ether oxygens (including phenoxy) is 2. The van der Waals surface area contributed by atoms with Crippen molar-refractivity contribution < 1.29 is 56.1 Å². The molecule has 314 valence electrons. The molecule has 4 aromatic heterocycles. The zero-order valence-electron chi connectivity index (χ0n) is 35.1. The molecule has 0 bridgehead atoms. The van der Waals surface area contributed by atoms with Crippen LogP contribution in [-0.2, 0) is 31.3 Å². The lowest BCUT2D eigenvalue weighted by Gasteiger charge is -2.22. The van der Waals surface area contributed by atoms with Gasteiger partial charge in [0, 0.05) is 60.7 Å². The van der Waals surface area contributed by atoms with E-state index in [2.05, 4.69) is 24.3 Å². The molecular formula is C46H56N4O8P2+4. The molecule has 14 heteroatoms. The smallest absolute Gasteiger partial charge is 0.337 e. The molecule has 6 rings (SSSR count). The lowest BCUT2D eigenvalue weighted by Crippen LogP contribution is -2.36. The predicted octanol–water partition coefficient (Wildman–Crippen LogP) is 7.14. The number of benzene rings is 2. The molecule has 60 heavy (non-hydrogen) atoms. The molecule has 0 radical (unpaired) electrons. The van der Waals surface area contributed by atoms with E-state index in [-0.39, 0.29) is 6.16 Å². The Morgan fingerprint density at radius 1 is 0.517 bits per heavy atom. The molecule has 0 aliphatic carbocycles. The normalized spacial score (nSPS) is 13.7. The highest BCUT2D eigenvalue weighted by molar-refractivity contribution is 7.64. The third-order valence-corrected chi connectivity index (χ3v) is 16.1. The second-order valence-electron chi connectivity index (χ2n) is 14.4. The van der Waals surface area contributed by atoms with Gasteiger partial charge in [-0.25, -0.2) is 9.13 Å². The monoisotopic (exact) mass is 854 g/mol. The summed E-state index contributed by atoms with van der Waals surface area (Å²) in [5.74, 6) is -0.671. The minimum absolute atomic E-state index is 0.212. The van der Waals surface area contributed by atoms with Gasteiger partial charge >= 0.3 is 7.60 Å². The van der Waals surface area contributed by atoms with Crippen molar-refractivity contribution in [1.82, 2.24) is 0 Å². The lowest BCUT2D eigenvalue weighted by molar-refractivity contribution is -0.692. The number of aliphatic hydroxyl groups excluding tert-OH is 2. The van der Waals surface area contributed by atoms with Gasteiger partial charge in [-0.1, -0.05) is 0 Å². The maximum atomic E-state index is 13.0. The first kappa shape index (κ1) is 44.5. The Labute approximate surface area is 352 Å². The van der Waals surface area contributed by atoms with E-state index < -0.39 is 26.4 Å². The maximum absolute atomic E-state index is 13.0. The Kier molecular flexibility index (Phi) is 14.8. The summed E-state index contributed by atoms with van der Waals surface area (Å²) in [6.45, 7) is 8.24. The van der Waals surface area contributed by atoms with Crippen molar-refractivity contribution in [1.29, 1.82) is 0 Å². The molecule has 0 saturated carbocycles. The summed E-state index contributed by atoms with van der Waals surface area (Å²) in [6.07, 6.45) is 16.3. The van der Waals surface area contributed by atoms with Gasteiger partial charge in [0.1, 0.15) is 25.0 Å². The van der Waals surface area contributed by atoms with E-state index in [1.165, 1.54) is 13.8 Å².